The minimum atomic E-state index is -0.670. The van der Waals surface area contributed by atoms with E-state index in [1.807, 2.05) is 0 Å². The molecule has 3 N–H and O–H groups in total. The summed E-state index contributed by atoms with van der Waals surface area (Å²) < 4.78 is 5.43. The Morgan fingerprint density at radius 3 is 1.01 bits per heavy atom. The number of carbonyl (C=O) groups is 2. The fourth-order valence-corrected chi connectivity index (χ4v) is 10.5. The second kappa shape index (κ2) is 65.3. The van der Waals surface area contributed by atoms with Crippen molar-refractivity contribution in [2.45, 2.75) is 373 Å². The number of carbonyl (C=O) groups excluding carboxylic acids is 2. The minimum Gasteiger partial charge on any atom is -0.465 e. The molecule has 0 aliphatic rings. The highest BCUT2D eigenvalue weighted by molar-refractivity contribution is 5.76. The lowest BCUT2D eigenvalue weighted by Crippen LogP contribution is -2.45. The van der Waals surface area contributed by atoms with Gasteiger partial charge in [0.15, 0.2) is 0 Å². The quantitative estimate of drug-likeness (QED) is 0.0320. The van der Waals surface area contributed by atoms with E-state index < -0.39 is 12.1 Å². The van der Waals surface area contributed by atoms with Gasteiger partial charge in [-0.3, -0.25) is 9.59 Å². The van der Waals surface area contributed by atoms with Gasteiger partial charge in [0.05, 0.1) is 25.4 Å². The summed E-state index contributed by atoms with van der Waals surface area (Å²) in [6, 6.07) is -0.547. The number of hydrogen-bond acceptors (Lipinski definition) is 5. The normalized spacial score (nSPS) is 12.8. The molecule has 1 amide bonds. The first-order valence-electron chi connectivity index (χ1n) is 33.9. The Hall–Kier alpha value is -2.18. The predicted octanol–water partition coefficient (Wildman–Crippen LogP) is 21.7. The number of aliphatic hydroxyl groups excluding tert-OH is 2. The van der Waals surface area contributed by atoms with E-state index in [1.54, 1.807) is 0 Å². The van der Waals surface area contributed by atoms with Crippen molar-refractivity contribution in [2.24, 2.45) is 0 Å². The summed E-state index contributed by atoms with van der Waals surface area (Å²) in [5.74, 6) is -0.0793. The summed E-state index contributed by atoms with van der Waals surface area (Å²) in [5, 5.41) is 23.4. The molecule has 0 heterocycles. The lowest BCUT2D eigenvalue weighted by Gasteiger charge is -2.22. The van der Waals surface area contributed by atoms with Crippen LogP contribution in [0.5, 0.6) is 0 Å². The molecule has 0 spiro atoms. The standard InChI is InChI=1S/C70H131NO5/c1-3-5-7-9-11-13-15-17-19-21-23-27-30-34-38-42-46-50-54-58-62-68(73)67(66-72)71-69(74)63-59-55-51-47-43-39-35-31-28-25-24-26-29-33-37-41-45-49-53-57-61-65-76-70(75)64-60-56-52-48-44-40-36-32-22-20-18-16-14-12-10-8-6-4-2/h14,16,20,22,41,45,53,57,67-68,72-73H,3-13,15,17-19,21,23-40,42-44,46-52,54-56,58-66H2,1-2H3,(H,71,74)/b16-14-,22-20-,45-41-,57-53-. The minimum absolute atomic E-state index is 0.0371. The van der Waals surface area contributed by atoms with Gasteiger partial charge >= 0.3 is 5.97 Å². The van der Waals surface area contributed by atoms with Crippen molar-refractivity contribution in [1.82, 2.24) is 5.32 Å². The topological polar surface area (TPSA) is 95.9 Å². The molecule has 0 saturated heterocycles. The fourth-order valence-electron chi connectivity index (χ4n) is 10.5. The molecular weight excluding hydrogens is 935 g/mol. The number of unbranched alkanes of at least 4 members (excludes halogenated alkanes) is 44. The number of rotatable bonds is 63. The van der Waals surface area contributed by atoms with Gasteiger partial charge in [0.2, 0.25) is 5.91 Å². The van der Waals surface area contributed by atoms with Gasteiger partial charge in [0.1, 0.15) is 0 Å². The average molecular weight is 1070 g/mol. The average Bonchev–Trinajstić information content (AvgIpc) is 3.42. The van der Waals surface area contributed by atoms with Crippen molar-refractivity contribution in [2.75, 3.05) is 13.2 Å². The Morgan fingerprint density at radius 1 is 0.368 bits per heavy atom. The molecule has 0 rings (SSSR count). The molecule has 0 aliphatic heterocycles. The lowest BCUT2D eigenvalue weighted by atomic mass is 10.0. The Balaban J connectivity index is 3.45. The fraction of sp³-hybridized carbons (Fsp3) is 0.857. The zero-order chi connectivity index (χ0) is 55.0. The van der Waals surface area contributed by atoms with E-state index >= 15 is 0 Å². The molecule has 2 atom stereocenters. The third-order valence-electron chi connectivity index (χ3n) is 15.6. The van der Waals surface area contributed by atoms with Crippen molar-refractivity contribution >= 4 is 11.9 Å². The van der Waals surface area contributed by atoms with Crippen LogP contribution in [0, 0.1) is 0 Å². The van der Waals surface area contributed by atoms with Crippen LogP contribution in [0.25, 0.3) is 0 Å². The van der Waals surface area contributed by atoms with Crippen molar-refractivity contribution in [3.63, 3.8) is 0 Å². The van der Waals surface area contributed by atoms with Crippen molar-refractivity contribution in [3.05, 3.63) is 48.6 Å². The Bertz CT molecular complexity index is 1270. The maximum Gasteiger partial charge on any atom is 0.305 e. The van der Waals surface area contributed by atoms with E-state index in [-0.39, 0.29) is 18.5 Å². The second-order valence-electron chi connectivity index (χ2n) is 23.1. The van der Waals surface area contributed by atoms with Gasteiger partial charge in [0, 0.05) is 12.8 Å². The number of ether oxygens (including phenoxy) is 1. The molecule has 6 heteroatoms. The van der Waals surface area contributed by atoms with Crippen LogP contribution in [0.15, 0.2) is 48.6 Å². The third kappa shape index (κ3) is 61.0. The Kier molecular flexibility index (Phi) is 63.5. The maximum absolute atomic E-state index is 12.5. The molecular formula is C70H131NO5. The number of aliphatic hydroxyl groups is 2. The van der Waals surface area contributed by atoms with Crippen molar-refractivity contribution in [1.29, 1.82) is 0 Å². The van der Waals surface area contributed by atoms with E-state index in [0.717, 1.165) is 57.8 Å². The van der Waals surface area contributed by atoms with E-state index in [2.05, 4.69) is 67.8 Å². The molecule has 0 fully saturated rings. The summed E-state index contributed by atoms with van der Waals surface area (Å²) >= 11 is 0. The zero-order valence-corrected chi connectivity index (χ0v) is 51.0. The van der Waals surface area contributed by atoms with Gasteiger partial charge in [-0.05, 0) is 77.0 Å². The highest BCUT2D eigenvalue weighted by Gasteiger charge is 2.20. The monoisotopic (exact) mass is 1070 g/mol. The Labute approximate surface area is 474 Å². The third-order valence-corrected chi connectivity index (χ3v) is 15.6. The predicted molar refractivity (Wildman–Crippen MR) is 333 cm³/mol. The van der Waals surface area contributed by atoms with Gasteiger partial charge in [-0.25, -0.2) is 0 Å². The van der Waals surface area contributed by atoms with Gasteiger partial charge in [-0.2, -0.15) is 0 Å². The molecule has 446 valence electrons. The first-order chi connectivity index (χ1) is 37.5. The van der Waals surface area contributed by atoms with Crippen LogP contribution in [0.1, 0.15) is 361 Å². The molecule has 0 saturated carbocycles. The summed E-state index contributed by atoms with van der Waals surface area (Å²) in [5.41, 5.74) is 0. The highest BCUT2D eigenvalue weighted by Crippen LogP contribution is 2.18. The maximum atomic E-state index is 12.5. The van der Waals surface area contributed by atoms with Gasteiger partial charge in [-0.1, -0.05) is 319 Å². The van der Waals surface area contributed by atoms with Crippen LogP contribution in [0.3, 0.4) is 0 Å². The number of amides is 1. The van der Waals surface area contributed by atoms with Crippen LogP contribution in [-0.4, -0.2) is 47.4 Å². The zero-order valence-electron chi connectivity index (χ0n) is 51.0. The van der Waals surface area contributed by atoms with Crippen LogP contribution >= 0.6 is 0 Å². The van der Waals surface area contributed by atoms with E-state index in [0.29, 0.717) is 25.9 Å². The number of allylic oxidation sites excluding steroid dienone is 7. The summed E-state index contributed by atoms with van der Waals surface area (Å²) in [7, 11) is 0. The second-order valence-corrected chi connectivity index (χ2v) is 23.1. The van der Waals surface area contributed by atoms with Gasteiger partial charge < -0.3 is 20.3 Å². The first-order valence-corrected chi connectivity index (χ1v) is 33.9. The summed E-state index contributed by atoms with van der Waals surface area (Å²) in [6.07, 6.45) is 84.4. The molecule has 0 aromatic carbocycles. The van der Waals surface area contributed by atoms with Crippen LogP contribution in [0.4, 0.5) is 0 Å². The highest BCUT2D eigenvalue weighted by atomic mass is 16.5. The SMILES string of the molecule is CCCCCC/C=C\C/C=C\CCCCCCCCCC(=O)OCC/C=C\C/C=C\CCCCCCCCCCCCCCCCC(=O)NC(CO)C(O)CCCCCCCCCCCCCCCCCCCCCC. The molecule has 2 unspecified atom stereocenters. The van der Waals surface area contributed by atoms with Gasteiger partial charge in [0.25, 0.3) is 0 Å². The number of nitrogens with one attached hydrogen (secondary N) is 1. The van der Waals surface area contributed by atoms with Crippen molar-refractivity contribution < 1.29 is 24.5 Å². The number of hydrogen-bond donors (Lipinski definition) is 3. The van der Waals surface area contributed by atoms with E-state index in [1.165, 1.54) is 270 Å². The lowest BCUT2D eigenvalue weighted by molar-refractivity contribution is -0.143. The molecule has 6 nitrogen and oxygen atoms in total. The number of esters is 1. The van der Waals surface area contributed by atoms with E-state index in [9.17, 15) is 19.8 Å². The molecule has 0 aromatic rings. The first kappa shape index (κ1) is 73.8. The molecule has 0 radical (unpaired) electrons. The summed E-state index contributed by atoms with van der Waals surface area (Å²) in [6.45, 7) is 4.85. The van der Waals surface area contributed by atoms with Crippen molar-refractivity contribution in [3.8, 4) is 0 Å². The Morgan fingerprint density at radius 2 is 0.658 bits per heavy atom. The molecule has 76 heavy (non-hydrogen) atoms. The largest absolute Gasteiger partial charge is 0.465 e. The van der Waals surface area contributed by atoms with Crippen LogP contribution < -0.4 is 5.32 Å². The molecule has 0 aromatic heterocycles. The van der Waals surface area contributed by atoms with Crippen LogP contribution in [0.2, 0.25) is 0 Å². The molecule has 0 aliphatic carbocycles. The van der Waals surface area contributed by atoms with Crippen LogP contribution in [-0.2, 0) is 14.3 Å². The molecule has 0 bridgehead atoms. The summed E-state index contributed by atoms with van der Waals surface area (Å²) in [4.78, 5) is 24.6. The van der Waals surface area contributed by atoms with Gasteiger partial charge in [-0.15, -0.1) is 0 Å². The van der Waals surface area contributed by atoms with E-state index in [4.69, 9.17) is 4.74 Å². The smallest absolute Gasteiger partial charge is 0.305 e.